The molecule has 0 rings (SSSR count). The molecule has 0 radical (unpaired) electrons. The normalized spacial score (nSPS) is 8.92. The van der Waals surface area contributed by atoms with E-state index in [1.807, 2.05) is 13.8 Å². The van der Waals surface area contributed by atoms with Gasteiger partial charge < -0.3 is 4.79 Å². The summed E-state index contributed by atoms with van der Waals surface area (Å²) < 4.78 is 0. The van der Waals surface area contributed by atoms with Gasteiger partial charge in [-0.25, -0.2) is 0 Å². The lowest BCUT2D eigenvalue weighted by molar-refractivity contribution is -0.117. The highest BCUT2D eigenvalue weighted by Gasteiger charge is 1.92. The minimum Gasteiger partial charge on any atom is -0.300 e. The Bertz CT molecular complexity index is 97.3. The zero-order valence-electron chi connectivity index (χ0n) is 9.86. The molecule has 0 saturated carbocycles. The van der Waals surface area contributed by atoms with Crippen LogP contribution in [0.1, 0.15) is 72.6 Å². The number of carbonyl (C=O) groups excluding carboxylic acids is 1. The fourth-order valence-corrected chi connectivity index (χ4v) is 1.15. The van der Waals surface area contributed by atoms with Crippen LogP contribution in [0.25, 0.3) is 0 Å². The van der Waals surface area contributed by atoms with Crippen LogP contribution < -0.4 is 0 Å². The first kappa shape index (κ1) is 15.2. The Morgan fingerprint density at radius 1 is 0.923 bits per heavy atom. The molecule has 1 nitrogen and oxygen atoms in total. The maximum absolute atomic E-state index is 10.5. The molecule has 0 aromatic carbocycles. The largest absolute Gasteiger partial charge is 0.300 e. The van der Waals surface area contributed by atoms with Crippen LogP contribution >= 0.6 is 0 Å². The topological polar surface area (TPSA) is 17.1 Å². The summed E-state index contributed by atoms with van der Waals surface area (Å²) in [5.74, 6) is 0.334. The molecule has 0 saturated heterocycles. The van der Waals surface area contributed by atoms with Gasteiger partial charge in [0.05, 0.1) is 0 Å². The molecule has 80 valence electrons. The molecule has 0 aliphatic carbocycles. The molecule has 0 aliphatic heterocycles. The van der Waals surface area contributed by atoms with Gasteiger partial charge in [-0.05, 0) is 13.3 Å². The van der Waals surface area contributed by atoms with Gasteiger partial charge in [0.15, 0.2) is 0 Å². The van der Waals surface area contributed by atoms with E-state index in [0.717, 1.165) is 12.8 Å². The molecule has 0 atom stereocenters. The van der Waals surface area contributed by atoms with Gasteiger partial charge in [-0.3, -0.25) is 0 Å². The van der Waals surface area contributed by atoms with Crippen LogP contribution in [0, 0.1) is 0 Å². The number of ketones is 1. The molecular weight excluding hydrogens is 160 g/mol. The van der Waals surface area contributed by atoms with Crippen molar-refractivity contribution < 1.29 is 4.79 Å². The molecule has 0 bridgehead atoms. The number of unbranched alkanes of at least 4 members (excludes halogenated alkanes) is 5. The minimum atomic E-state index is 0.334. The number of carbonyl (C=O) groups is 1. The zero-order valence-corrected chi connectivity index (χ0v) is 9.86. The fourth-order valence-electron chi connectivity index (χ4n) is 1.15. The van der Waals surface area contributed by atoms with Gasteiger partial charge in [-0.1, -0.05) is 52.9 Å². The minimum absolute atomic E-state index is 0.334. The average molecular weight is 186 g/mol. The standard InChI is InChI=1S/C10H20O.C2H6/c1-3-4-5-6-7-8-9-10(2)11;1-2/h3-9H2,1-2H3;1-2H3. The van der Waals surface area contributed by atoms with Crippen molar-refractivity contribution in [2.24, 2.45) is 0 Å². The quantitative estimate of drug-likeness (QED) is 0.540. The van der Waals surface area contributed by atoms with Crippen molar-refractivity contribution in [1.29, 1.82) is 0 Å². The predicted octanol–water partition coefficient (Wildman–Crippen LogP) is 4.35. The Hall–Kier alpha value is -0.330. The van der Waals surface area contributed by atoms with Crippen LogP contribution in [0.2, 0.25) is 0 Å². The van der Waals surface area contributed by atoms with Gasteiger partial charge in [0, 0.05) is 6.42 Å². The smallest absolute Gasteiger partial charge is 0.129 e. The molecule has 13 heavy (non-hydrogen) atoms. The molecule has 0 amide bonds. The lowest BCUT2D eigenvalue weighted by Gasteiger charge is -1.97. The van der Waals surface area contributed by atoms with E-state index in [1.165, 1.54) is 32.1 Å². The third-order valence-electron chi connectivity index (χ3n) is 1.88. The zero-order chi connectivity index (χ0) is 10.5. The molecule has 0 spiro atoms. The maximum Gasteiger partial charge on any atom is 0.129 e. The van der Waals surface area contributed by atoms with E-state index in [0.29, 0.717) is 5.78 Å². The highest BCUT2D eigenvalue weighted by atomic mass is 16.1. The third-order valence-corrected chi connectivity index (χ3v) is 1.88. The van der Waals surface area contributed by atoms with Crippen LogP contribution in [0.4, 0.5) is 0 Å². The first-order valence-electron chi connectivity index (χ1n) is 5.76. The van der Waals surface area contributed by atoms with E-state index in [9.17, 15) is 4.79 Å². The highest BCUT2D eigenvalue weighted by molar-refractivity contribution is 5.75. The molecule has 0 aromatic rings. The molecule has 1 heteroatoms. The van der Waals surface area contributed by atoms with Crippen molar-refractivity contribution in [1.82, 2.24) is 0 Å². The van der Waals surface area contributed by atoms with Gasteiger partial charge in [-0.2, -0.15) is 0 Å². The predicted molar refractivity (Wildman–Crippen MR) is 60.0 cm³/mol. The van der Waals surface area contributed by atoms with Crippen molar-refractivity contribution >= 4 is 5.78 Å². The van der Waals surface area contributed by atoms with E-state index < -0.39 is 0 Å². The summed E-state index contributed by atoms with van der Waals surface area (Å²) >= 11 is 0. The summed E-state index contributed by atoms with van der Waals surface area (Å²) in [5.41, 5.74) is 0. The van der Waals surface area contributed by atoms with E-state index in [4.69, 9.17) is 0 Å². The van der Waals surface area contributed by atoms with Crippen LogP contribution in [0.3, 0.4) is 0 Å². The molecular formula is C12H26O. The van der Waals surface area contributed by atoms with Crippen LogP contribution in [-0.4, -0.2) is 5.78 Å². The average Bonchev–Trinajstić information content (AvgIpc) is 2.14. The highest BCUT2D eigenvalue weighted by Crippen LogP contribution is 2.06. The summed E-state index contributed by atoms with van der Waals surface area (Å²) in [4.78, 5) is 10.5. The lowest BCUT2D eigenvalue weighted by atomic mass is 10.1. The van der Waals surface area contributed by atoms with Crippen molar-refractivity contribution in [3.05, 3.63) is 0 Å². The third kappa shape index (κ3) is 18.5. The fraction of sp³-hybridized carbons (Fsp3) is 0.917. The van der Waals surface area contributed by atoms with Crippen LogP contribution in [0.15, 0.2) is 0 Å². The number of hydrogen-bond acceptors (Lipinski definition) is 1. The van der Waals surface area contributed by atoms with Gasteiger partial charge in [0.2, 0.25) is 0 Å². The number of hydrogen-bond donors (Lipinski definition) is 0. The Morgan fingerprint density at radius 3 is 1.85 bits per heavy atom. The van der Waals surface area contributed by atoms with E-state index in [1.54, 1.807) is 6.92 Å². The van der Waals surface area contributed by atoms with E-state index >= 15 is 0 Å². The van der Waals surface area contributed by atoms with Gasteiger partial charge in [0.1, 0.15) is 5.78 Å². The van der Waals surface area contributed by atoms with E-state index in [-0.39, 0.29) is 0 Å². The van der Waals surface area contributed by atoms with Gasteiger partial charge >= 0.3 is 0 Å². The SMILES string of the molecule is CC.CCCCCCCCC(C)=O. The summed E-state index contributed by atoms with van der Waals surface area (Å²) in [6, 6.07) is 0. The first-order valence-corrected chi connectivity index (χ1v) is 5.76. The van der Waals surface area contributed by atoms with Gasteiger partial charge in [0.25, 0.3) is 0 Å². The summed E-state index contributed by atoms with van der Waals surface area (Å²) in [7, 11) is 0. The number of rotatable bonds is 7. The lowest BCUT2D eigenvalue weighted by Crippen LogP contribution is -1.88. The maximum atomic E-state index is 10.5. The Balaban J connectivity index is 0. The van der Waals surface area contributed by atoms with Crippen molar-refractivity contribution in [3.8, 4) is 0 Å². The molecule has 0 aromatic heterocycles. The Morgan fingerprint density at radius 2 is 1.38 bits per heavy atom. The summed E-state index contributed by atoms with van der Waals surface area (Å²) in [5, 5.41) is 0. The second kappa shape index (κ2) is 14.2. The molecule has 0 N–H and O–H groups in total. The monoisotopic (exact) mass is 186 g/mol. The van der Waals surface area contributed by atoms with Crippen LogP contribution in [-0.2, 0) is 4.79 Å². The second-order valence-electron chi connectivity index (χ2n) is 3.22. The first-order chi connectivity index (χ1) is 6.27. The van der Waals surface area contributed by atoms with Crippen molar-refractivity contribution in [2.75, 3.05) is 0 Å². The molecule has 0 heterocycles. The Labute approximate surface area is 83.9 Å². The Kier molecular flexibility index (Phi) is 16.6. The van der Waals surface area contributed by atoms with Crippen LogP contribution in [0.5, 0.6) is 0 Å². The second-order valence-corrected chi connectivity index (χ2v) is 3.22. The molecule has 0 aliphatic rings. The summed E-state index contributed by atoms with van der Waals surface area (Å²) in [6.07, 6.45) is 8.41. The van der Waals surface area contributed by atoms with Crippen molar-refractivity contribution in [2.45, 2.75) is 72.6 Å². The summed E-state index contributed by atoms with van der Waals surface area (Å²) in [6.45, 7) is 7.89. The molecule has 0 fully saturated rings. The number of Topliss-reactive ketones (excluding diaryl/α,β-unsaturated/α-hetero) is 1. The van der Waals surface area contributed by atoms with E-state index in [2.05, 4.69) is 6.92 Å². The van der Waals surface area contributed by atoms with Gasteiger partial charge in [-0.15, -0.1) is 0 Å². The molecule has 0 unspecified atom stereocenters. The van der Waals surface area contributed by atoms with Crippen molar-refractivity contribution in [3.63, 3.8) is 0 Å².